The van der Waals surface area contributed by atoms with E-state index in [0.717, 1.165) is 5.56 Å². The van der Waals surface area contributed by atoms with Crippen LogP contribution in [0.25, 0.3) is 0 Å². The molecule has 1 aromatic carbocycles. The van der Waals surface area contributed by atoms with Crippen LogP contribution in [-0.2, 0) is 16.1 Å². The molecule has 0 heterocycles. The number of alkyl halides is 3. The summed E-state index contributed by atoms with van der Waals surface area (Å²) in [4.78, 5) is 21.8. The van der Waals surface area contributed by atoms with Gasteiger partial charge in [-0.25, -0.2) is 0 Å². The molecule has 0 aliphatic heterocycles. The predicted octanol–water partition coefficient (Wildman–Crippen LogP) is 2.02. The second kappa shape index (κ2) is 7.14. The van der Waals surface area contributed by atoms with E-state index in [1.54, 1.807) is 29.6 Å². The van der Waals surface area contributed by atoms with Crippen LogP contribution in [0.5, 0.6) is 0 Å². The van der Waals surface area contributed by atoms with Crippen LogP contribution in [0.15, 0.2) is 24.3 Å². The van der Waals surface area contributed by atoms with Gasteiger partial charge >= 0.3 is 12.1 Å². The van der Waals surface area contributed by atoms with Crippen molar-refractivity contribution in [3.05, 3.63) is 34.9 Å². The molecule has 4 nitrogen and oxygen atoms in total. The highest BCUT2D eigenvalue weighted by Crippen LogP contribution is 2.13. The summed E-state index contributed by atoms with van der Waals surface area (Å²) in [6.45, 7) is -0.131. The number of carbonyl (C=O) groups excluding carboxylic acids is 2. The molecule has 0 radical (unpaired) electrons. The van der Waals surface area contributed by atoms with Gasteiger partial charge in [0.1, 0.15) is 0 Å². The first kappa shape index (κ1) is 16.3. The normalized spacial score (nSPS) is 11.0. The minimum atomic E-state index is -4.93. The third-order valence-corrected chi connectivity index (χ3v) is 2.55. The van der Waals surface area contributed by atoms with Gasteiger partial charge in [0.25, 0.3) is 0 Å². The van der Waals surface area contributed by atoms with Crippen molar-refractivity contribution in [2.45, 2.75) is 19.1 Å². The number of hydrogen-bond donors (Lipinski definition) is 2. The van der Waals surface area contributed by atoms with E-state index < -0.39 is 18.0 Å². The van der Waals surface area contributed by atoms with Crippen LogP contribution >= 0.6 is 11.6 Å². The maximum Gasteiger partial charge on any atom is 0.471 e. The van der Waals surface area contributed by atoms with Crippen LogP contribution in [0.3, 0.4) is 0 Å². The number of amides is 2. The molecule has 20 heavy (non-hydrogen) atoms. The van der Waals surface area contributed by atoms with E-state index in [0.29, 0.717) is 5.02 Å². The van der Waals surface area contributed by atoms with E-state index in [1.165, 1.54) is 0 Å². The first-order valence-electron chi connectivity index (χ1n) is 5.65. The fourth-order valence-corrected chi connectivity index (χ4v) is 1.41. The molecule has 0 spiro atoms. The lowest BCUT2D eigenvalue weighted by Crippen LogP contribution is -2.38. The van der Waals surface area contributed by atoms with Crippen molar-refractivity contribution in [1.82, 2.24) is 10.6 Å². The van der Waals surface area contributed by atoms with Crippen LogP contribution in [0.2, 0.25) is 5.02 Å². The molecule has 2 amide bonds. The van der Waals surface area contributed by atoms with Crippen LogP contribution in [0.1, 0.15) is 12.0 Å². The summed E-state index contributed by atoms with van der Waals surface area (Å²) in [6.07, 6.45) is -5.16. The van der Waals surface area contributed by atoms with E-state index in [9.17, 15) is 22.8 Å². The van der Waals surface area contributed by atoms with Gasteiger partial charge < -0.3 is 10.6 Å². The molecule has 0 unspecified atom stereocenters. The van der Waals surface area contributed by atoms with Crippen molar-refractivity contribution >= 4 is 23.4 Å². The summed E-state index contributed by atoms with van der Waals surface area (Å²) in [5, 5.41) is 4.70. The Labute approximate surface area is 118 Å². The topological polar surface area (TPSA) is 58.2 Å². The SMILES string of the molecule is O=C(CCNC(=O)C(F)(F)F)NCc1ccc(Cl)cc1. The highest BCUT2D eigenvalue weighted by atomic mass is 35.5. The summed E-state index contributed by atoms with van der Waals surface area (Å²) in [5.41, 5.74) is 0.807. The standard InChI is InChI=1S/C12H12ClF3N2O2/c13-9-3-1-8(2-4-9)7-18-10(19)5-6-17-11(20)12(14,15)16/h1-4H,5-7H2,(H,17,20)(H,18,19). The van der Waals surface area contributed by atoms with Crippen molar-refractivity contribution in [2.24, 2.45) is 0 Å². The molecule has 1 rings (SSSR count). The van der Waals surface area contributed by atoms with Gasteiger partial charge in [-0.3, -0.25) is 9.59 Å². The summed E-state index contributed by atoms with van der Waals surface area (Å²) < 4.78 is 35.6. The quantitative estimate of drug-likeness (QED) is 0.874. The average molecular weight is 309 g/mol. The van der Waals surface area contributed by atoms with E-state index in [4.69, 9.17) is 11.6 Å². The van der Waals surface area contributed by atoms with Gasteiger partial charge in [0.05, 0.1) is 0 Å². The molecular weight excluding hydrogens is 297 g/mol. The minimum Gasteiger partial charge on any atom is -0.352 e. The molecule has 0 atom stereocenters. The number of benzene rings is 1. The van der Waals surface area contributed by atoms with E-state index in [1.807, 2.05) is 0 Å². The number of carbonyl (C=O) groups is 2. The monoisotopic (exact) mass is 308 g/mol. The molecule has 0 fully saturated rings. The van der Waals surface area contributed by atoms with Crippen molar-refractivity contribution in [2.75, 3.05) is 6.54 Å². The maximum absolute atomic E-state index is 11.9. The minimum absolute atomic E-state index is 0.227. The summed E-state index contributed by atoms with van der Waals surface area (Å²) >= 11 is 5.69. The average Bonchev–Trinajstić information content (AvgIpc) is 2.37. The van der Waals surface area contributed by atoms with Crippen LogP contribution < -0.4 is 10.6 Å². The maximum atomic E-state index is 11.9. The zero-order valence-electron chi connectivity index (χ0n) is 10.3. The summed E-state index contributed by atoms with van der Waals surface area (Å²) in [6, 6.07) is 6.75. The van der Waals surface area contributed by atoms with Gasteiger partial charge in [0.2, 0.25) is 5.91 Å². The first-order valence-corrected chi connectivity index (χ1v) is 6.03. The van der Waals surface area contributed by atoms with E-state index >= 15 is 0 Å². The molecule has 0 aromatic heterocycles. The van der Waals surface area contributed by atoms with Gasteiger partial charge in [-0.1, -0.05) is 23.7 Å². The van der Waals surface area contributed by atoms with Gasteiger partial charge in [-0.2, -0.15) is 13.2 Å². The van der Waals surface area contributed by atoms with E-state index in [2.05, 4.69) is 5.32 Å². The third-order valence-electron chi connectivity index (χ3n) is 2.30. The van der Waals surface area contributed by atoms with Crippen LogP contribution in [0, 0.1) is 0 Å². The van der Waals surface area contributed by atoms with Gasteiger partial charge in [-0.05, 0) is 17.7 Å². The van der Waals surface area contributed by atoms with Crippen LogP contribution in [0.4, 0.5) is 13.2 Å². The largest absolute Gasteiger partial charge is 0.471 e. The second-order valence-corrected chi connectivity index (χ2v) is 4.34. The molecule has 2 N–H and O–H groups in total. The molecule has 0 aliphatic rings. The molecule has 0 saturated heterocycles. The summed E-state index contributed by atoms with van der Waals surface area (Å²) in [5.74, 6) is -2.51. The molecule has 8 heteroatoms. The van der Waals surface area contributed by atoms with Gasteiger partial charge in [0, 0.05) is 24.5 Å². The zero-order chi connectivity index (χ0) is 15.2. The molecule has 1 aromatic rings. The van der Waals surface area contributed by atoms with Crippen molar-refractivity contribution in [1.29, 1.82) is 0 Å². The Bertz CT molecular complexity index is 475. The van der Waals surface area contributed by atoms with Gasteiger partial charge in [-0.15, -0.1) is 0 Å². The predicted molar refractivity (Wildman–Crippen MR) is 67.0 cm³/mol. The highest BCUT2D eigenvalue weighted by molar-refractivity contribution is 6.30. The van der Waals surface area contributed by atoms with Crippen molar-refractivity contribution in [3.8, 4) is 0 Å². The Kier molecular flexibility index (Phi) is 5.82. The third kappa shape index (κ3) is 5.92. The molecule has 0 aliphatic carbocycles. The summed E-state index contributed by atoms with van der Waals surface area (Å²) in [7, 11) is 0. The Morgan fingerprint density at radius 2 is 1.70 bits per heavy atom. The van der Waals surface area contributed by atoms with Crippen molar-refractivity contribution < 1.29 is 22.8 Å². The molecule has 0 bridgehead atoms. The Morgan fingerprint density at radius 3 is 2.25 bits per heavy atom. The fourth-order valence-electron chi connectivity index (χ4n) is 1.28. The van der Waals surface area contributed by atoms with E-state index in [-0.39, 0.29) is 19.5 Å². The lowest BCUT2D eigenvalue weighted by atomic mass is 10.2. The highest BCUT2D eigenvalue weighted by Gasteiger charge is 2.38. The Balaban J connectivity index is 2.24. The Morgan fingerprint density at radius 1 is 1.10 bits per heavy atom. The second-order valence-electron chi connectivity index (χ2n) is 3.91. The van der Waals surface area contributed by atoms with Crippen molar-refractivity contribution in [3.63, 3.8) is 0 Å². The van der Waals surface area contributed by atoms with Crippen LogP contribution in [-0.4, -0.2) is 24.5 Å². The lowest BCUT2D eigenvalue weighted by molar-refractivity contribution is -0.173. The number of hydrogen-bond acceptors (Lipinski definition) is 2. The Hall–Kier alpha value is -1.76. The smallest absolute Gasteiger partial charge is 0.352 e. The number of rotatable bonds is 5. The number of nitrogens with one attached hydrogen (secondary N) is 2. The lowest BCUT2D eigenvalue weighted by Gasteiger charge is -2.08. The molecular formula is C12H12ClF3N2O2. The molecule has 110 valence electrons. The number of halogens is 4. The fraction of sp³-hybridized carbons (Fsp3) is 0.333. The first-order chi connectivity index (χ1) is 9.29. The zero-order valence-corrected chi connectivity index (χ0v) is 11.0. The van der Waals surface area contributed by atoms with Gasteiger partial charge in [0.15, 0.2) is 0 Å². The molecule has 0 saturated carbocycles.